The molecule has 3 aliphatic rings. The van der Waals surface area contributed by atoms with Crippen LogP contribution in [0.25, 0.3) is 5.70 Å². The lowest BCUT2D eigenvalue weighted by atomic mass is 9.92. The van der Waals surface area contributed by atoms with Crippen LogP contribution in [-0.2, 0) is 4.79 Å². The molecule has 128 valence electrons. The Morgan fingerprint density at radius 3 is 2.50 bits per heavy atom. The van der Waals surface area contributed by atoms with E-state index in [4.69, 9.17) is 0 Å². The molecule has 2 aromatic rings. The summed E-state index contributed by atoms with van der Waals surface area (Å²) in [7, 11) is 0. The predicted octanol–water partition coefficient (Wildman–Crippen LogP) is 3.81. The van der Waals surface area contributed by atoms with Crippen LogP contribution in [0.4, 0.5) is 4.39 Å². The van der Waals surface area contributed by atoms with Crippen molar-refractivity contribution in [3.63, 3.8) is 0 Å². The first kappa shape index (κ1) is 15.5. The second-order valence-corrected chi connectivity index (χ2v) is 7.73. The number of amidine groups is 1. The van der Waals surface area contributed by atoms with Crippen molar-refractivity contribution >= 4 is 34.3 Å². The van der Waals surface area contributed by atoms with Gasteiger partial charge in [0.2, 0.25) is 5.91 Å². The molecule has 1 fully saturated rings. The van der Waals surface area contributed by atoms with Crippen LogP contribution in [0.5, 0.6) is 0 Å². The summed E-state index contributed by atoms with van der Waals surface area (Å²) in [5, 5.41) is 0.215. The zero-order valence-corrected chi connectivity index (χ0v) is 14.6. The minimum atomic E-state index is -0.788. The van der Waals surface area contributed by atoms with Crippen molar-refractivity contribution in [2.24, 2.45) is 4.99 Å². The Bertz CT molecular complexity index is 1060. The highest BCUT2D eigenvalue weighted by Crippen LogP contribution is 2.49. The third kappa shape index (κ3) is 1.93. The van der Waals surface area contributed by atoms with Crippen molar-refractivity contribution in [2.75, 3.05) is 0 Å². The summed E-state index contributed by atoms with van der Waals surface area (Å²) >= 11 is 1.35. The number of hydrogen-bond acceptors (Lipinski definition) is 4. The Morgan fingerprint density at radius 2 is 1.73 bits per heavy atom. The molecule has 6 heteroatoms. The van der Waals surface area contributed by atoms with Gasteiger partial charge in [0, 0.05) is 16.7 Å². The molecule has 5 rings (SSSR count). The number of hydrogen-bond donors (Lipinski definition) is 0. The van der Waals surface area contributed by atoms with Gasteiger partial charge >= 0.3 is 0 Å². The molecule has 1 aliphatic carbocycles. The van der Waals surface area contributed by atoms with Crippen molar-refractivity contribution in [3.8, 4) is 0 Å². The zero-order chi connectivity index (χ0) is 18.0. The number of nitrogens with zero attached hydrogens (tertiary/aromatic N) is 2. The van der Waals surface area contributed by atoms with Crippen LogP contribution in [0.2, 0.25) is 0 Å². The molecule has 4 nitrogen and oxygen atoms in total. The molecule has 2 unspecified atom stereocenters. The van der Waals surface area contributed by atoms with E-state index in [-0.39, 0.29) is 16.9 Å². The third-order valence-corrected chi connectivity index (χ3v) is 5.99. The second kappa shape index (κ2) is 5.38. The lowest BCUT2D eigenvalue weighted by molar-refractivity contribution is -0.127. The van der Waals surface area contributed by atoms with Crippen LogP contribution >= 0.6 is 11.8 Å². The van der Waals surface area contributed by atoms with E-state index in [0.717, 1.165) is 5.56 Å². The molecule has 2 aliphatic heterocycles. The number of Topliss-reactive ketones (excluding diaryl/α,β-unsaturated/α-hetero) is 1. The van der Waals surface area contributed by atoms with E-state index in [1.54, 1.807) is 37.3 Å². The van der Waals surface area contributed by atoms with Gasteiger partial charge in [0.05, 0.1) is 22.6 Å². The number of fused-ring (bicyclic) bond motifs is 3. The van der Waals surface area contributed by atoms with E-state index in [9.17, 15) is 14.0 Å². The van der Waals surface area contributed by atoms with Crippen molar-refractivity contribution in [3.05, 3.63) is 76.6 Å². The first-order chi connectivity index (χ1) is 12.6. The van der Waals surface area contributed by atoms with Crippen molar-refractivity contribution < 1.29 is 14.0 Å². The number of carbonyl (C=O) groups excluding carboxylic acids is 2. The number of amides is 1. The summed E-state index contributed by atoms with van der Waals surface area (Å²) in [5.41, 5.74) is 2.54. The van der Waals surface area contributed by atoms with Crippen LogP contribution < -0.4 is 0 Å². The summed E-state index contributed by atoms with van der Waals surface area (Å²) in [5.74, 6) is -0.784. The molecule has 26 heavy (non-hydrogen) atoms. The normalized spacial score (nSPS) is 23.8. The van der Waals surface area contributed by atoms with E-state index in [0.29, 0.717) is 27.6 Å². The summed E-state index contributed by atoms with van der Waals surface area (Å²) < 4.78 is 14.7. The molecule has 0 saturated carbocycles. The Labute approximate surface area is 153 Å². The first-order valence-electron chi connectivity index (χ1n) is 8.29. The van der Waals surface area contributed by atoms with Gasteiger partial charge in [0.15, 0.2) is 11.0 Å². The molecule has 2 heterocycles. The number of halogens is 1. The van der Waals surface area contributed by atoms with E-state index < -0.39 is 11.9 Å². The number of benzene rings is 2. The smallest absolute Gasteiger partial charge is 0.242 e. The molecule has 0 bridgehead atoms. The highest BCUT2D eigenvalue weighted by Gasteiger charge is 2.49. The van der Waals surface area contributed by atoms with Gasteiger partial charge in [-0.2, -0.15) is 0 Å². The highest BCUT2D eigenvalue weighted by molar-refractivity contribution is 8.15. The van der Waals surface area contributed by atoms with Gasteiger partial charge in [-0.05, 0) is 13.0 Å². The molecular weight excluding hydrogens is 351 g/mol. The minimum absolute atomic E-state index is 0.155. The van der Waals surface area contributed by atoms with Crippen LogP contribution in [0.3, 0.4) is 0 Å². The van der Waals surface area contributed by atoms with E-state index in [1.165, 1.54) is 22.7 Å². The summed E-state index contributed by atoms with van der Waals surface area (Å²) in [6.45, 7) is 1.80. The van der Waals surface area contributed by atoms with Gasteiger partial charge in [-0.15, -0.1) is 0 Å². The molecule has 0 spiro atoms. The van der Waals surface area contributed by atoms with Gasteiger partial charge in [-0.1, -0.05) is 54.2 Å². The predicted molar refractivity (Wildman–Crippen MR) is 98.2 cm³/mol. The fourth-order valence-electron chi connectivity index (χ4n) is 3.75. The summed E-state index contributed by atoms with van der Waals surface area (Å²) in [6, 6.07) is 12.7. The van der Waals surface area contributed by atoms with Crippen molar-refractivity contribution in [1.29, 1.82) is 0 Å². The number of carbonyl (C=O) groups is 2. The average Bonchev–Trinajstić information content (AvgIpc) is 3.09. The quantitative estimate of drug-likeness (QED) is 0.773. The Morgan fingerprint density at radius 1 is 1.04 bits per heavy atom. The number of thioether (sulfide) groups is 1. The van der Waals surface area contributed by atoms with Crippen LogP contribution in [0.1, 0.15) is 34.5 Å². The topological polar surface area (TPSA) is 49.7 Å². The van der Waals surface area contributed by atoms with Crippen LogP contribution in [0, 0.1) is 5.82 Å². The lowest BCUT2D eigenvalue weighted by Crippen LogP contribution is -2.39. The maximum absolute atomic E-state index is 14.7. The largest absolute Gasteiger partial charge is 0.289 e. The van der Waals surface area contributed by atoms with E-state index in [1.807, 2.05) is 12.1 Å². The lowest BCUT2D eigenvalue weighted by Gasteiger charge is -2.32. The number of rotatable bonds is 1. The van der Waals surface area contributed by atoms with Crippen LogP contribution in [-0.4, -0.2) is 27.0 Å². The van der Waals surface area contributed by atoms with Gasteiger partial charge in [-0.3, -0.25) is 14.5 Å². The van der Waals surface area contributed by atoms with Crippen LogP contribution in [0.15, 0.2) is 59.1 Å². The molecule has 1 saturated heterocycles. The Balaban J connectivity index is 1.79. The average molecular weight is 364 g/mol. The van der Waals surface area contributed by atoms with E-state index >= 15 is 0 Å². The second-order valence-electron chi connectivity index (χ2n) is 6.42. The number of aliphatic imine (C=N–C) groups is 1. The monoisotopic (exact) mass is 364 g/mol. The molecule has 2 aromatic carbocycles. The Hall–Kier alpha value is -2.73. The SMILES string of the molecule is CC1SC2=NC3=C(C(=O)c4ccccc43)C(c3ccccc3F)N2C1=O. The molecule has 2 atom stereocenters. The highest BCUT2D eigenvalue weighted by atomic mass is 32.2. The summed E-state index contributed by atoms with van der Waals surface area (Å²) in [6.07, 6.45) is 0. The molecular formula is C20H13FN2O2S. The molecule has 1 amide bonds. The number of ketones is 1. The first-order valence-corrected chi connectivity index (χ1v) is 9.17. The molecule has 0 N–H and O–H groups in total. The van der Waals surface area contributed by atoms with Gasteiger partial charge in [0.25, 0.3) is 0 Å². The van der Waals surface area contributed by atoms with Gasteiger partial charge < -0.3 is 0 Å². The Kier molecular flexibility index (Phi) is 3.21. The third-order valence-electron chi connectivity index (χ3n) is 4.94. The maximum Gasteiger partial charge on any atom is 0.242 e. The van der Waals surface area contributed by atoms with Gasteiger partial charge in [0.1, 0.15) is 5.82 Å². The zero-order valence-electron chi connectivity index (χ0n) is 13.8. The van der Waals surface area contributed by atoms with E-state index in [2.05, 4.69) is 4.99 Å². The molecule has 0 radical (unpaired) electrons. The van der Waals surface area contributed by atoms with Crippen molar-refractivity contribution in [1.82, 2.24) is 4.90 Å². The fourth-order valence-corrected chi connectivity index (χ4v) is 4.73. The standard InChI is InChI=1S/C20H13FN2O2S/c1-10-19(25)23-17(13-8-4-5-9-14(13)21)15-16(22-20(23)26-10)11-6-2-3-7-12(11)18(15)24/h2-10,17H,1H3. The molecule has 0 aromatic heterocycles. The van der Waals surface area contributed by atoms with Gasteiger partial charge in [-0.25, -0.2) is 9.38 Å². The maximum atomic E-state index is 14.7. The summed E-state index contributed by atoms with van der Waals surface area (Å²) in [4.78, 5) is 32.0. The fraction of sp³-hybridized carbons (Fsp3) is 0.150. The minimum Gasteiger partial charge on any atom is -0.289 e. The van der Waals surface area contributed by atoms with Crippen molar-refractivity contribution in [2.45, 2.75) is 18.2 Å².